The van der Waals surface area contributed by atoms with Gasteiger partial charge in [0.05, 0.1) is 25.6 Å². The normalized spacial score (nSPS) is 11.8. The number of benzene rings is 1. The van der Waals surface area contributed by atoms with Crippen LogP contribution in [0.2, 0.25) is 0 Å². The summed E-state index contributed by atoms with van der Waals surface area (Å²) < 4.78 is 13.2. The Hall–Kier alpha value is -2.87. The molecule has 4 N–H and O–H groups in total. The fourth-order valence-corrected chi connectivity index (χ4v) is 4.40. The number of nitrogens with zero attached hydrogens (tertiary/aromatic N) is 4. The highest BCUT2D eigenvalue weighted by molar-refractivity contribution is 7.15. The molecule has 176 valence electrons. The molecule has 0 aliphatic heterocycles. The lowest BCUT2D eigenvalue weighted by Crippen LogP contribution is -2.22. The molecule has 33 heavy (non-hydrogen) atoms. The molecule has 0 fully saturated rings. The molecule has 3 rings (SSSR count). The molecular weight excluding hydrogens is 471 g/mol. The SMILES string of the molecule is O=C(Cc1cccc(F)c1)Nc1nnc(CCCCc2nnc(NC(=O)C[C@@H](O)CO)s2)s1. The second-order valence-electron chi connectivity index (χ2n) is 7.15. The van der Waals surface area contributed by atoms with Crippen molar-refractivity contribution >= 4 is 44.8 Å². The molecular formula is C20H23FN6O4S2. The van der Waals surface area contributed by atoms with E-state index in [2.05, 4.69) is 31.0 Å². The number of carbonyl (C=O) groups excluding carboxylic acids is 2. The van der Waals surface area contributed by atoms with Crippen molar-refractivity contribution in [1.82, 2.24) is 20.4 Å². The first kappa shape index (κ1) is 24.8. The molecule has 0 bridgehead atoms. The van der Waals surface area contributed by atoms with Gasteiger partial charge in [-0.15, -0.1) is 20.4 Å². The Morgan fingerprint density at radius 2 is 1.58 bits per heavy atom. The Bertz CT molecular complexity index is 1080. The zero-order valence-corrected chi connectivity index (χ0v) is 19.2. The summed E-state index contributed by atoms with van der Waals surface area (Å²) in [5.41, 5.74) is 0.583. The lowest BCUT2D eigenvalue weighted by atomic mass is 10.1. The highest BCUT2D eigenvalue weighted by Crippen LogP contribution is 2.20. The number of nitrogens with one attached hydrogen (secondary N) is 2. The predicted molar refractivity (Wildman–Crippen MR) is 122 cm³/mol. The van der Waals surface area contributed by atoms with E-state index in [1.807, 2.05) is 0 Å². The zero-order valence-electron chi connectivity index (χ0n) is 17.5. The predicted octanol–water partition coefficient (Wildman–Crippen LogP) is 1.96. The van der Waals surface area contributed by atoms with E-state index in [1.165, 1.54) is 34.8 Å². The van der Waals surface area contributed by atoms with Gasteiger partial charge in [0.15, 0.2) is 0 Å². The standard InChI is InChI=1S/C20H23FN6O4S2/c21-13-5-3-4-12(8-13)9-15(30)22-19-26-24-17(32-19)6-1-2-7-18-25-27-20(33-18)23-16(31)10-14(29)11-28/h3-5,8,14,28-29H,1-2,6-7,9-11H2,(H,22,26,30)(H,23,27,31)/t14-/m1/s1. The molecule has 0 radical (unpaired) electrons. The second kappa shape index (κ2) is 12.4. The zero-order chi connectivity index (χ0) is 23.6. The van der Waals surface area contributed by atoms with Crippen LogP contribution in [0.5, 0.6) is 0 Å². The fraction of sp³-hybridized carbons (Fsp3) is 0.400. The molecule has 0 spiro atoms. The summed E-state index contributed by atoms with van der Waals surface area (Å²) in [6.45, 7) is -0.480. The molecule has 2 aromatic heterocycles. The molecule has 0 unspecified atom stereocenters. The lowest BCUT2D eigenvalue weighted by molar-refractivity contribution is -0.118. The summed E-state index contributed by atoms with van der Waals surface area (Å²) in [6.07, 6.45) is 1.78. The number of rotatable bonds is 12. The van der Waals surface area contributed by atoms with Crippen molar-refractivity contribution in [3.63, 3.8) is 0 Å². The number of carbonyl (C=O) groups is 2. The molecule has 0 saturated carbocycles. The van der Waals surface area contributed by atoms with Gasteiger partial charge in [-0.25, -0.2) is 4.39 Å². The van der Waals surface area contributed by atoms with Gasteiger partial charge >= 0.3 is 0 Å². The average Bonchev–Trinajstić information content (AvgIpc) is 3.40. The van der Waals surface area contributed by atoms with Gasteiger partial charge in [-0.3, -0.25) is 9.59 Å². The number of amides is 2. The number of aryl methyl sites for hydroxylation is 2. The molecule has 2 amide bonds. The maximum Gasteiger partial charge on any atom is 0.230 e. The van der Waals surface area contributed by atoms with Crippen LogP contribution in [0.25, 0.3) is 0 Å². The van der Waals surface area contributed by atoms with Crippen molar-refractivity contribution in [3.05, 3.63) is 45.7 Å². The topological polar surface area (TPSA) is 150 Å². The fourth-order valence-electron chi connectivity index (χ4n) is 2.81. The minimum atomic E-state index is -1.10. The van der Waals surface area contributed by atoms with Gasteiger partial charge in [0.1, 0.15) is 15.8 Å². The van der Waals surface area contributed by atoms with Crippen LogP contribution in [0.1, 0.15) is 34.8 Å². The van der Waals surface area contributed by atoms with Crippen LogP contribution in [0.4, 0.5) is 14.7 Å². The summed E-state index contributed by atoms with van der Waals surface area (Å²) in [6, 6.07) is 5.89. The van der Waals surface area contributed by atoms with E-state index in [9.17, 15) is 19.1 Å². The summed E-state index contributed by atoms with van der Waals surface area (Å²) in [5.74, 6) is -1.10. The van der Waals surface area contributed by atoms with Crippen LogP contribution < -0.4 is 10.6 Å². The third-order valence-electron chi connectivity index (χ3n) is 4.34. The quantitative estimate of drug-likeness (QED) is 0.279. The number of hydrogen-bond donors (Lipinski definition) is 4. The third-order valence-corrected chi connectivity index (χ3v) is 6.14. The molecule has 2 heterocycles. The Morgan fingerprint density at radius 3 is 2.15 bits per heavy atom. The highest BCUT2D eigenvalue weighted by atomic mass is 32.1. The van der Waals surface area contributed by atoms with Crippen molar-refractivity contribution in [2.75, 3.05) is 17.2 Å². The molecule has 13 heteroatoms. The maximum absolute atomic E-state index is 13.2. The minimum Gasteiger partial charge on any atom is -0.394 e. The van der Waals surface area contributed by atoms with E-state index in [0.29, 0.717) is 28.7 Å². The van der Waals surface area contributed by atoms with Gasteiger partial charge in [-0.05, 0) is 30.5 Å². The Kier molecular flexibility index (Phi) is 9.30. The molecule has 10 nitrogen and oxygen atoms in total. The lowest BCUT2D eigenvalue weighted by Gasteiger charge is -2.05. The summed E-state index contributed by atoms with van der Waals surface area (Å²) in [5, 5.41) is 41.6. The minimum absolute atomic E-state index is 0.0545. The number of aromatic nitrogens is 4. The van der Waals surface area contributed by atoms with E-state index in [0.717, 1.165) is 22.9 Å². The van der Waals surface area contributed by atoms with Gasteiger partial charge in [0.2, 0.25) is 22.1 Å². The third kappa shape index (κ3) is 8.53. The molecule has 1 atom stereocenters. The number of hydrogen-bond acceptors (Lipinski definition) is 10. The van der Waals surface area contributed by atoms with Crippen molar-refractivity contribution in [2.45, 2.75) is 44.6 Å². The van der Waals surface area contributed by atoms with Crippen LogP contribution in [-0.2, 0) is 28.9 Å². The van der Waals surface area contributed by atoms with Crippen molar-refractivity contribution < 1.29 is 24.2 Å². The Labute approximate surface area is 196 Å². The van der Waals surface area contributed by atoms with Gasteiger partial charge in [0, 0.05) is 12.8 Å². The van der Waals surface area contributed by atoms with Gasteiger partial charge in [-0.1, -0.05) is 34.8 Å². The van der Waals surface area contributed by atoms with E-state index in [1.54, 1.807) is 12.1 Å². The van der Waals surface area contributed by atoms with Crippen molar-refractivity contribution in [1.29, 1.82) is 0 Å². The smallest absolute Gasteiger partial charge is 0.230 e. The number of aliphatic hydroxyl groups excluding tert-OH is 2. The molecule has 1 aromatic carbocycles. The first-order valence-corrected chi connectivity index (χ1v) is 11.8. The van der Waals surface area contributed by atoms with E-state index >= 15 is 0 Å². The van der Waals surface area contributed by atoms with Crippen molar-refractivity contribution in [2.24, 2.45) is 0 Å². The molecule has 0 saturated heterocycles. The summed E-state index contributed by atoms with van der Waals surface area (Å²) >= 11 is 2.56. The van der Waals surface area contributed by atoms with Crippen molar-refractivity contribution in [3.8, 4) is 0 Å². The molecule has 0 aliphatic rings. The number of aliphatic hydroxyl groups is 2. The monoisotopic (exact) mass is 494 g/mol. The molecule has 0 aliphatic carbocycles. The first-order chi connectivity index (χ1) is 15.9. The maximum atomic E-state index is 13.2. The van der Waals surface area contributed by atoms with Crippen LogP contribution in [-0.4, -0.2) is 55.1 Å². The van der Waals surface area contributed by atoms with Gasteiger partial charge in [0.25, 0.3) is 0 Å². The van der Waals surface area contributed by atoms with E-state index < -0.39 is 18.6 Å². The number of unbranched alkanes of at least 4 members (excludes halogenated alkanes) is 1. The van der Waals surface area contributed by atoms with Crippen LogP contribution in [0, 0.1) is 5.82 Å². The Balaban J connectivity index is 1.36. The molecule has 3 aromatic rings. The number of anilines is 2. The van der Waals surface area contributed by atoms with Crippen LogP contribution in [0.15, 0.2) is 24.3 Å². The summed E-state index contributed by atoms with van der Waals surface area (Å²) in [4.78, 5) is 23.8. The second-order valence-corrected chi connectivity index (χ2v) is 9.28. The first-order valence-electron chi connectivity index (χ1n) is 10.2. The summed E-state index contributed by atoms with van der Waals surface area (Å²) in [7, 11) is 0. The highest BCUT2D eigenvalue weighted by Gasteiger charge is 2.13. The van der Waals surface area contributed by atoms with Crippen LogP contribution in [0.3, 0.4) is 0 Å². The Morgan fingerprint density at radius 1 is 0.970 bits per heavy atom. The van der Waals surface area contributed by atoms with Crippen LogP contribution >= 0.6 is 22.7 Å². The van der Waals surface area contributed by atoms with Gasteiger partial charge in [-0.2, -0.15) is 0 Å². The van der Waals surface area contributed by atoms with Gasteiger partial charge < -0.3 is 20.8 Å². The number of halogens is 1. The van der Waals surface area contributed by atoms with E-state index in [4.69, 9.17) is 5.11 Å². The van der Waals surface area contributed by atoms with E-state index in [-0.39, 0.29) is 24.6 Å². The largest absolute Gasteiger partial charge is 0.394 e. The average molecular weight is 495 g/mol.